The van der Waals surface area contributed by atoms with Crippen LogP contribution in [-0.4, -0.2) is 29.6 Å². The quantitative estimate of drug-likeness (QED) is 0.791. The Hall–Kier alpha value is -0.970. The van der Waals surface area contributed by atoms with Gasteiger partial charge in [-0.2, -0.15) is 0 Å². The minimum absolute atomic E-state index is 0. The number of rotatable bonds is 6. The van der Waals surface area contributed by atoms with E-state index < -0.39 is 5.97 Å². The number of nitrogens with two attached hydrogens (primary N) is 1. The summed E-state index contributed by atoms with van der Waals surface area (Å²) < 4.78 is 0. The van der Waals surface area contributed by atoms with Crippen molar-refractivity contribution in [3.63, 3.8) is 0 Å². The van der Waals surface area contributed by atoms with Crippen molar-refractivity contribution in [3.8, 4) is 0 Å². The highest BCUT2D eigenvalue weighted by Gasteiger charge is 2.02. The zero-order chi connectivity index (χ0) is 12.0. The molecule has 0 bridgehead atoms. The van der Waals surface area contributed by atoms with E-state index in [2.05, 4.69) is 4.90 Å². The predicted octanol–water partition coefficient (Wildman–Crippen LogP) is 2.41. The van der Waals surface area contributed by atoms with E-state index >= 15 is 0 Å². The highest BCUT2D eigenvalue weighted by atomic mass is 35.5. The number of nitrogen functional groups attached to an aromatic ring is 1. The van der Waals surface area contributed by atoms with Gasteiger partial charge < -0.3 is 15.7 Å². The molecule has 0 saturated heterocycles. The van der Waals surface area contributed by atoms with E-state index in [0.29, 0.717) is 6.42 Å². The lowest BCUT2D eigenvalue weighted by Gasteiger charge is -2.16. The topological polar surface area (TPSA) is 66.6 Å². The first-order chi connectivity index (χ1) is 7.58. The summed E-state index contributed by atoms with van der Waals surface area (Å²) in [6, 6.07) is 7.74. The van der Waals surface area contributed by atoms with Crippen LogP contribution < -0.4 is 5.73 Å². The zero-order valence-electron chi connectivity index (χ0n) is 10.3. The molecule has 0 radical (unpaired) electrons. The summed E-state index contributed by atoms with van der Waals surface area (Å²) in [6.45, 7) is 1.58. The molecular weight excluding hydrogens is 275 g/mol. The monoisotopic (exact) mass is 294 g/mol. The third-order valence-electron chi connectivity index (χ3n) is 2.33. The summed E-state index contributed by atoms with van der Waals surface area (Å²) >= 11 is 0. The van der Waals surface area contributed by atoms with Crippen LogP contribution in [0.4, 0.5) is 5.69 Å². The third-order valence-corrected chi connectivity index (χ3v) is 2.33. The first-order valence-corrected chi connectivity index (χ1v) is 5.32. The molecule has 0 fully saturated rings. The van der Waals surface area contributed by atoms with Gasteiger partial charge in [-0.15, -0.1) is 24.8 Å². The SMILES string of the molecule is CN(CCCC(=O)O)Cc1cccc(N)c1.Cl.Cl. The summed E-state index contributed by atoms with van der Waals surface area (Å²) in [5, 5.41) is 8.52. The third kappa shape index (κ3) is 8.17. The fourth-order valence-corrected chi connectivity index (χ4v) is 1.58. The van der Waals surface area contributed by atoms with E-state index in [1.807, 2.05) is 31.3 Å². The zero-order valence-corrected chi connectivity index (χ0v) is 12.0. The summed E-state index contributed by atoms with van der Waals surface area (Å²) in [6.07, 6.45) is 0.898. The highest BCUT2D eigenvalue weighted by molar-refractivity contribution is 5.85. The molecule has 0 aromatic heterocycles. The predicted molar refractivity (Wildman–Crippen MR) is 78.6 cm³/mol. The summed E-state index contributed by atoms with van der Waals surface area (Å²) in [4.78, 5) is 12.4. The number of anilines is 1. The number of carboxylic acids is 1. The number of aliphatic carboxylic acids is 1. The van der Waals surface area contributed by atoms with Crippen molar-refractivity contribution >= 4 is 36.5 Å². The maximum atomic E-state index is 10.3. The Labute approximate surface area is 120 Å². The number of hydrogen-bond acceptors (Lipinski definition) is 3. The molecule has 0 aliphatic rings. The fraction of sp³-hybridized carbons (Fsp3) is 0.417. The lowest BCUT2D eigenvalue weighted by atomic mass is 10.2. The maximum absolute atomic E-state index is 10.3. The molecule has 6 heteroatoms. The molecule has 1 aromatic rings. The Morgan fingerprint density at radius 2 is 2.06 bits per heavy atom. The molecule has 0 spiro atoms. The van der Waals surface area contributed by atoms with Gasteiger partial charge in [-0.05, 0) is 37.7 Å². The molecule has 0 heterocycles. The fourth-order valence-electron chi connectivity index (χ4n) is 1.58. The molecular formula is C12H20Cl2N2O2. The average molecular weight is 295 g/mol. The molecule has 1 aromatic carbocycles. The van der Waals surface area contributed by atoms with Crippen molar-refractivity contribution in [2.24, 2.45) is 0 Å². The van der Waals surface area contributed by atoms with Gasteiger partial charge in [0.25, 0.3) is 0 Å². The summed E-state index contributed by atoms with van der Waals surface area (Å²) in [5.74, 6) is -0.739. The number of carbonyl (C=O) groups is 1. The van der Waals surface area contributed by atoms with Crippen LogP contribution in [-0.2, 0) is 11.3 Å². The lowest BCUT2D eigenvalue weighted by Crippen LogP contribution is -2.19. The van der Waals surface area contributed by atoms with Crippen LogP contribution in [0, 0.1) is 0 Å². The van der Waals surface area contributed by atoms with Crippen LogP contribution in [0.2, 0.25) is 0 Å². The van der Waals surface area contributed by atoms with Crippen LogP contribution in [0.5, 0.6) is 0 Å². The Kier molecular flexibility index (Phi) is 10.8. The van der Waals surface area contributed by atoms with E-state index in [1.54, 1.807) is 0 Å². The van der Waals surface area contributed by atoms with Crippen LogP contribution in [0.15, 0.2) is 24.3 Å². The van der Waals surface area contributed by atoms with E-state index in [4.69, 9.17) is 10.8 Å². The first-order valence-electron chi connectivity index (χ1n) is 5.32. The van der Waals surface area contributed by atoms with Crippen molar-refractivity contribution in [1.29, 1.82) is 0 Å². The van der Waals surface area contributed by atoms with Crippen LogP contribution in [0.1, 0.15) is 18.4 Å². The van der Waals surface area contributed by atoms with Gasteiger partial charge in [0.05, 0.1) is 0 Å². The number of halogens is 2. The van der Waals surface area contributed by atoms with E-state index in [9.17, 15) is 4.79 Å². The van der Waals surface area contributed by atoms with Crippen molar-refractivity contribution in [1.82, 2.24) is 4.90 Å². The van der Waals surface area contributed by atoms with Crippen molar-refractivity contribution < 1.29 is 9.90 Å². The molecule has 0 unspecified atom stereocenters. The Morgan fingerprint density at radius 3 is 2.61 bits per heavy atom. The Balaban J connectivity index is 0. The average Bonchev–Trinajstić information content (AvgIpc) is 2.16. The number of nitrogens with zero attached hydrogens (tertiary/aromatic N) is 1. The standard InChI is InChI=1S/C12H18N2O2.2ClH/c1-14(7-3-6-12(15)16)9-10-4-2-5-11(13)8-10;;/h2,4-5,8H,3,6-7,9,13H2,1H3,(H,15,16);2*1H. The molecule has 0 aliphatic carbocycles. The van der Waals surface area contributed by atoms with Gasteiger partial charge in [-0.25, -0.2) is 0 Å². The lowest BCUT2D eigenvalue weighted by molar-refractivity contribution is -0.137. The van der Waals surface area contributed by atoms with Gasteiger partial charge in [0.2, 0.25) is 0 Å². The molecule has 104 valence electrons. The van der Waals surface area contributed by atoms with Gasteiger partial charge in [-0.3, -0.25) is 4.79 Å². The minimum Gasteiger partial charge on any atom is -0.481 e. The molecule has 0 saturated carbocycles. The second-order valence-electron chi connectivity index (χ2n) is 3.98. The molecule has 1 rings (SSSR count). The van der Waals surface area contributed by atoms with Gasteiger partial charge in [0.1, 0.15) is 0 Å². The summed E-state index contributed by atoms with van der Waals surface area (Å²) in [5.41, 5.74) is 7.59. The molecule has 18 heavy (non-hydrogen) atoms. The smallest absolute Gasteiger partial charge is 0.303 e. The molecule has 0 amide bonds. The van der Waals surface area contributed by atoms with Gasteiger partial charge in [0, 0.05) is 18.7 Å². The number of hydrogen-bond donors (Lipinski definition) is 2. The Morgan fingerprint density at radius 1 is 1.39 bits per heavy atom. The normalized spacial score (nSPS) is 9.44. The Bertz CT molecular complexity index is 362. The van der Waals surface area contributed by atoms with Crippen molar-refractivity contribution in [3.05, 3.63) is 29.8 Å². The first kappa shape index (κ1) is 19.4. The van der Waals surface area contributed by atoms with Crippen LogP contribution in [0.25, 0.3) is 0 Å². The second-order valence-corrected chi connectivity index (χ2v) is 3.98. The molecule has 4 nitrogen and oxygen atoms in total. The van der Waals surface area contributed by atoms with Crippen LogP contribution >= 0.6 is 24.8 Å². The largest absolute Gasteiger partial charge is 0.481 e. The van der Waals surface area contributed by atoms with Gasteiger partial charge in [0.15, 0.2) is 0 Å². The van der Waals surface area contributed by atoms with Gasteiger partial charge >= 0.3 is 5.97 Å². The highest BCUT2D eigenvalue weighted by Crippen LogP contribution is 2.09. The molecule has 0 atom stereocenters. The van der Waals surface area contributed by atoms with Crippen molar-refractivity contribution in [2.45, 2.75) is 19.4 Å². The second kappa shape index (κ2) is 10.00. The van der Waals surface area contributed by atoms with Crippen LogP contribution in [0.3, 0.4) is 0 Å². The summed E-state index contributed by atoms with van der Waals surface area (Å²) in [7, 11) is 1.98. The maximum Gasteiger partial charge on any atom is 0.303 e. The minimum atomic E-state index is -0.739. The van der Waals surface area contributed by atoms with E-state index in [1.165, 1.54) is 0 Å². The van der Waals surface area contributed by atoms with Crippen molar-refractivity contribution in [2.75, 3.05) is 19.3 Å². The van der Waals surface area contributed by atoms with E-state index in [-0.39, 0.29) is 31.2 Å². The van der Waals surface area contributed by atoms with E-state index in [0.717, 1.165) is 24.3 Å². The van der Waals surface area contributed by atoms with Gasteiger partial charge in [-0.1, -0.05) is 12.1 Å². The molecule has 0 aliphatic heterocycles. The number of benzene rings is 1. The molecule has 3 N–H and O–H groups in total. The number of carboxylic acid groups (broad SMARTS) is 1.